The highest BCUT2D eigenvalue weighted by Crippen LogP contribution is 2.17. The zero-order valence-corrected chi connectivity index (χ0v) is 12.0. The lowest BCUT2D eigenvalue weighted by molar-refractivity contribution is 0.477. The molecule has 0 aliphatic carbocycles. The van der Waals surface area contributed by atoms with Gasteiger partial charge in [-0.25, -0.2) is 0 Å². The van der Waals surface area contributed by atoms with Crippen molar-refractivity contribution in [1.82, 2.24) is 15.3 Å². The molecule has 0 aromatic carbocycles. The molecule has 2 unspecified atom stereocenters. The summed E-state index contributed by atoms with van der Waals surface area (Å²) in [6.45, 7) is 8.30. The van der Waals surface area contributed by atoms with Crippen LogP contribution < -0.4 is 5.32 Å². The smallest absolute Gasteiger partial charge is 0.0573 e. The molecule has 2 aromatic rings. The summed E-state index contributed by atoms with van der Waals surface area (Å²) in [6.07, 6.45) is 0. The molecule has 2 atom stereocenters. The summed E-state index contributed by atoms with van der Waals surface area (Å²) in [5.74, 6) is 0. The Morgan fingerprint density at radius 2 is 1.21 bits per heavy atom. The topological polar surface area (TPSA) is 37.8 Å². The van der Waals surface area contributed by atoms with Crippen molar-refractivity contribution in [2.24, 2.45) is 0 Å². The molecule has 0 saturated heterocycles. The van der Waals surface area contributed by atoms with Crippen molar-refractivity contribution in [2.75, 3.05) is 0 Å². The maximum Gasteiger partial charge on any atom is 0.0573 e. The molecule has 0 bridgehead atoms. The molecule has 0 aliphatic heterocycles. The van der Waals surface area contributed by atoms with Crippen molar-refractivity contribution in [2.45, 2.75) is 39.8 Å². The molecule has 2 heterocycles. The van der Waals surface area contributed by atoms with Crippen LogP contribution in [-0.2, 0) is 0 Å². The van der Waals surface area contributed by atoms with E-state index in [9.17, 15) is 0 Å². The van der Waals surface area contributed by atoms with E-state index in [2.05, 4.69) is 41.3 Å². The highest BCUT2D eigenvalue weighted by molar-refractivity contribution is 5.16. The summed E-state index contributed by atoms with van der Waals surface area (Å²) < 4.78 is 0. The Hall–Kier alpha value is -1.74. The minimum Gasteiger partial charge on any atom is -0.301 e. The number of pyridine rings is 2. The van der Waals surface area contributed by atoms with E-state index in [0.717, 1.165) is 22.8 Å². The van der Waals surface area contributed by atoms with Crippen LogP contribution in [0.5, 0.6) is 0 Å². The third kappa shape index (κ3) is 3.61. The van der Waals surface area contributed by atoms with Crippen molar-refractivity contribution in [3.63, 3.8) is 0 Å². The number of nitrogens with zero attached hydrogens (tertiary/aromatic N) is 2. The molecule has 3 heteroatoms. The molecular weight excluding hydrogens is 234 g/mol. The first-order valence-electron chi connectivity index (χ1n) is 6.69. The second-order valence-electron chi connectivity index (χ2n) is 5.02. The second kappa shape index (κ2) is 5.93. The van der Waals surface area contributed by atoms with Gasteiger partial charge in [0.2, 0.25) is 0 Å². The Kier molecular flexibility index (Phi) is 4.27. The predicted octanol–water partition coefficient (Wildman–Crippen LogP) is 3.51. The Labute approximate surface area is 115 Å². The van der Waals surface area contributed by atoms with Gasteiger partial charge in [-0.05, 0) is 52.0 Å². The van der Waals surface area contributed by atoms with Gasteiger partial charge in [0.25, 0.3) is 0 Å². The fraction of sp³-hybridized carbons (Fsp3) is 0.375. The summed E-state index contributed by atoms with van der Waals surface area (Å²) in [4.78, 5) is 9.11. The van der Waals surface area contributed by atoms with Crippen LogP contribution in [0, 0.1) is 13.8 Å². The average Bonchev–Trinajstić information content (AvgIpc) is 2.38. The van der Waals surface area contributed by atoms with Crippen LogP contribution in [-0.4, -0.2) is 9.97 Å². The van der Waals surface area contributed by atoms with Crippen molar-refractivity contribution >= 4 is 0 Å². The molecule has 2 aromatic heterocycles. The van der Waals surface area contributed by atoms with Crippen LogP contribution in [0.2, 0.25) is 0 Å². The molecule has 0 spiro atoms. The largest absolute Gasteiger partial charge is 0.301 e. The quantitative estimate of drug-likeness (QED) is 0.908. The van der Waals surface area contributed by atoms with Gasteiger partial charge < -0.3 is 5.32 Å². The first kappa shape index (κ1) is 13.7. The van der Waals surface area contributed by atoms with Crippen LogP contribution in [0.15, 0.2) is 36.4 Å². The molecule has 0 radical (unpaired) electrons. The minimum absolute atomic E-state index is 0.206. The van der Waals surface area contributed by atoms with Crippen molar-refractivity contribution in [3.05, 3.63) is 59.2 Å². The maximum absolute atomic E-state index is 4.55. The van der Waals surface area contributed by atoms with Gasteiger partial charge in [0.1, 0.15) is 0 Å². The number of aromatic nitrogens is 2. The molecule has 19 heavy (non-hydrogen) atoms. The van der Waals surface area contributed by atoms with Gasteiger partial charge in [-0.1, -0.05) is 12.1 Å². The highest BCUT2D eigenvalue weighted by Gasteiger charge is 2.13. The standard InChI is InChI=1S/C16H21N3/c1-11-7-5-9-15(17-11)13(3)19-14(4)16-10-6-8-12(2)18-16/h5-10,13-14,19H,1-4H3. The Bertz CT molecular complexity index is 502. The summed E-state index contributed by atoms with van der Waals surface area (Å²) in [6, 6.07) is 12.7. The van der Waals surface area contributed by atoms with Crippen molar-refractivity contribution in [3.8, 4) is 0 Å². The summed E-state index contributed by atoms with van der Waals surface area (Å²) in [7, 11) is 0. The van der Waals surface area contributed by atoms with E-state index in [1.165, 1.54) is 0 Å². The maximum atomic E-state index is 4.55. The Morgan fingerprint density at radius 1 is 0.789 bits per heavy atom. The lowest BCUT2D eigenvalue weighted by Crippen LogP contribution is -2.24. The van der Waals surface area contributed by atoms with Crippen LogP contribution in [0.4, 0.5) is 0 Å². The van der Waals surface area contributed by atoms with E-state index in [4.69, 9.17) is 0 Å². The average molecular weight is 255 g/mol. The molecule has 0 fully saturated rings. The van der Waals surface area contributed by atoms with E-state index in [1.807, 2.05) is 38.1 Å². The number of nitrogens with one attached hydrogen (secondary N) is 1. The summed E-state index contributed by atoms with van der Waals surface area (Å²) >= 11 is 0. The van der Waals surface area contributed by atoms with Gasteiger partial charge in [0.15, 0.2) is 0 Å². The minimum atomic E-state index is 0.206. The zero-order valence-electron chi connectivity index (χ0n) is 12.0. The molecule has 3 nitrogen and oxygen atoms in total. The SMILES string of the molecule is Cc1cccc(C(C)NC(C)c2cccc(C)n2)n1. The summed E-state index contributed by atoms with van der Waals surface area (Å²) in [5, 5.41) is 3.54. The lowest BCUT2D eigenvalue weighted by Gasteiger charge is -2.20. The normalized spacial score (nSPS) is 14.1. The van der Waals surface area contributed by atoms with Gasteiger partial charge in [-0.3, -0.25) is 9.97 Å². The Balaban J connectivity index is 2.08. The first-order valence-corrected chi connectivity index (χ1v) is 6.69. The predicted molar refractivity (Wildman–Crippen MR) is 77.9 cm³/mol. The highest BCUT2D eigenvalue weighted by atomic mass is 15.0. The molecule has 2 rings (SSSR count). The van der Waals surface area contributed by atoms with Gasteiger partial charge >= 0.3 is 0 Å². The zero-order chi connectivity index (χ0) is 13.8. The number of aryl methyl sites for hydroxylation is 2. The van der Waals surface area contributed by atoms with E-state index in [0.29, 0.717) is 0 Å². The molecule has 0 amide bonds. The fourth-order valence-electron chi connectivity index (χ4n) is 2.16. The van der Waals surface area contributed by atoms with Crippen LogP contribution >= 0.6 is 0 Å². The van der Waals surface area contributed by atoms with Crippen molar-refractivity contribution < 1.29 is 0 Å². The van der Waals surface area contributed by atoms with E-state index >= 15 is 0 Å². The first-order chi connectivity index (χ1) is 9.06. The van der Waals surface area contributed by atoms with Crippen molar-refractivity contribution in [1.29, 1.82) is 0 Å². The van der Waals surface area contributed by atoms with Crippen LogP contribution in [0.1, 0.15) is 48.7 Å². The van der Waals surface area contributed by atoms with E-state index in [-0.39, 0.29) is 12.1 Å². The third-order valence-electron chi connectivity index (χ3n) is 3.21. The van der Waals surface area contributed by atoms with Gasteiger partial charge in [-0.2, -0.15) is 0 Å². The second-order valence-corrected chi connectivity index (χ2v) is 5.02. The van der Waals surface area contributed by atoms with E-state index < -0.39 is 0 Å². The summed E-state index contributed by atoms with van der Waals surface area (Å²) in [5.41, 5.74) is 4.24. The number of hydrogen-bond donors (Lipinski definition) is 1. The monoisotopic (exact) mass is 255 g/mol. The molecular formula is C16H21N3. The van der Waals surface area contributed by atoms with E-state index in [1.54, 1.807) is 0 Å². The molecule has 0 saturated carbocycles. The Morgan fingerprint density at radius 3 is 1.58 bits per heavy atom. The molecule has 1 N–H and O–H groups in total. The van der Waals surface area contributed by atoms with Gasteiger partial charge in [-0.15, -0.1) is 0 Å². The number of hydrogen-bond acceptors (Lipinski definition) is 3. The fourth-order valence-corrected chi connectivity index (χ4v) is 2.16. The van der Waals surface area contributed by atoms with Crippen LogP contribution in [0.25, 0.3) is 0 Å². The lowest BCUT2D eigenvalue weighted by atomic mass is 10.1. The number of rotatable bonds is 4. The van der Waals surface area contributed by atoms with Gasteiger partial charge in [0, 0.05) is 23.5 Å². The molecule has 100 valence electrons. The third-order valence-corrected chi connectivity index (χ3v) is 3.21. The van der Waals surface area contributed by atoms with Gasteiger partial charge in [0.05, 0.1) is 11.4 Å². The van der Waals surface area contributed by atoms with Crippen LogP contribution in [0.3, 0.4) is 0 Å². The molecule has 0 aliphatic rings.